The fraction of sp³-hybridized carbons (Fsp3) is 0.833. The first-order valence-electron chi connectivity index (χ1n) is 6.46. The summed E-state index contributed by atoms with van der Waals surface area (Å²) in [6, 6.07) is -0.566. The SMILES string of the molecule is NC(CCC(=O)O)C(=O)N1C2CCC1CC(O)C2. The molecule has 102 valence electrons. The molecular formula is C12H20N2O4. The van der Waals surface area contributed by atoms with Crippen molar-refractivity contribution in [3.8, 4) is 0 Å². The van der Waals surface area contributed by atoms with Crippen molar-refractivity contribution >= 4 is 11.9 Å². The number of nitrogens with zero attached hydrogens (tertiary/aromatic N) is 1. The Morgan fingerprint density at radius 1 is 1.28 bits per heavy atom. The highest BCUT2D eigenvalue weighted by molar-refractivity contribution is 5.83. The first kappa shape index (κ1) is 13.3. The van der Waals surface area contributed by atoms with Crippen LogP contribution in [0.3, 0.4) is 0 Å². The van der Waals surface area contributed by atoms with Crippen LogP contribution in [-0.4, -0.2) is 51.2 Å². The fourth-order valence-corrected chi connectivity index (χ4v) is 3.10. The molecule has 0 aromatic rings. The molecule has 2 saturated heterocycles. The van der Waals surface area contributed by atoms with Gasteiger partial charge in [0.15, 0.2) is 0 Å². The molecule has 0 aromatic carbocycles. The van der Waals surface area contributed by atoms with Crippen LogP contribution < -0.4 is 5.73 Å². The van der Waals surface area contributed by atoms with Crippen LogP contribution in [0.1, 0.15) is 38.5 Å². The van der Waals surface area contributed by atoms with Gasteiger partial charge in [-0.2, -0.15) is 0 Å². The lowest BCUT2D eigenvalue weighted by atomic mass is 9.98. The van der Waals surface area contributed by atoms with E-state index in [2.05, 4.69) is 0 Å². The van der Waals surface area contributed by atoms with Gasteiger partial charge < -0.3 is 20.8 Å². The molecule has 3 unspecified atom stereocenters. The normalized spacial score (nSPS) is 32.3. The van der Waals surface area contributed by atoms with Crippen molar-refractivity contribution in [1.82, 2.24) is 4.90 Å². The van der Waals surface area contributed by atoms with Crippen LogP contribution in [0.4, 0.5) is 0 Å². The number of carbonyl (C=O) groups is 2. The minimum absolute atomic E-state index is 0.0846. The maximum absolute atomic E-state index is 12.2. The summed E-state index contributed by atoms with van der Waals surface area (Å²) in [5.41, 5.74) is 5.77. The summed E-state index contributed by atoms with van der Waals surface area (Å²) in [5.74, 6) is -1.09. The Kier molecular flexibility index (Phi) is 3.87. The monoisotopic (exact) mass is 256 g/mol. The van der Waals surface area contributed by atoms with E-state index >= 15 is 0 Å². The predicted octanol–water partition coefficient (Wildman–Crippen LogP) is -0.307. The Morgan fingerprint density at radius 3 is 2.33 bits per heavy atom. The highest BCUT2D eigenvalue weighted by Gasteiger charge is 2.43. The molecule has 2 aliphatic heterocycles. The Balaban J connectivity index is 1.95. The molecule has 0 radical (unpaired) electrons. The number of hydrogen-bond donors (Lipinski definition) is 3. The minimum atomic E-state index is -0.935. The van der Waals surface area contributed by atoms with Crippen molar-refractivity contribution in [3.63, 3.8) is 0 Å². The van der Waals surface area contributed by atoms with Gasteiger partial charge in [-0.15, -0.1) is 0 Å². The fourth-order valence-electron chi connectivity index (χ4n) is 3.10. The quantitative estimate of drug-likeness (QED) is 0.640. The smallest absolute Gasteiger partial charge is 0.303 e. The van der Waals surface area contributed by atoms with Gasteiger partial charge in [0.2, 0.25) is 5.91 Å². The van der Waals surface area contributed by atoms with E-state index in [1.807, 2.05) is 0 Å². The van der Waals surface area contributed by atoms with E-state index < -0.39 is 12.0 Å². The number of aliphatic hydroxyl groups excluding tert-OH is 1. The van der Waals surface area contributed by atoms with Gasteiger partial charge in [0.25, 0.3) is 0 Å². The number of fused-ring (bicyclic) bond motifs is 2. The third-order valence-electron chi connectivity index (χ3n) is 3.95. The van der Waals surface area contributed by atoms with Crippen LogP contribution >= 0.6 is 0 Å². The summed E-state index contributed by atoms with van der Waals surface area (Å²) < 4.78 is 0. The number of piperidine rings is 1. The molecule has 4 N–H and O–H groups in total. The third-order valence-corrected chi connectivity index (χ3v) is 3.95. The molecule has 1 amide bonds. The van der Waals surface area contributed by atoms with Crippen molar-refractivity contribution in [3.05, 3.63) is 0 Å². The lowest BCUT2D eigenvalue weighted by Crippen LogP contribution is -2.53. The van der Waals surface area contributed by atoms with Crippen LogP contribution in [0.5, 0.6) is 0 Å². The Labute approximate surface area is 106 Å². The van der Waals surface area contributed by atoms with Gasteiger partial charge in [-0.1, -0.05) is 0 Å². The van der Waals surface area contributed by atoms with E-state index in [4.69, 9.17) is 10.8 Å². The molecule has 2 fully saturated rings. The molecule has 2 bridgehead atoms. The standard InChI is InChI=1S/C12H20N2O4/c13-10(3-4-11(16)17)12(18)14-7-1-2-8(14)6-9(15)5-7/h7-10,15H,1-6,13H2,(H,16,17). The second kappa shape index (κ2) is 5.24. The van der Waals surface area contributed by atoms with Gasteiger partial charge >= 0.3 is 5.97 Å². The predicted molar refractivity (Wildman–Crippen MR) is 63.7 cm³/mol. The summed E-state index contributed by atoms with van der Waals surface area (Å²) in [6.45, 7) is 0. The van der Waals surface area contributed by atoms with Gasteiger partial charge in [0, 0.05) is 18.5 Å². The van der Waals surface area contributed by atoms with Gasteiger partial charge in [-0.25, -0.2) is 0 Å². The molecule has 6 heteroatoms. The number of carbonyl (C=O) groups excluding carboxylic acids is 1. The van der Waals surface area contributed by atoms with Crippen LogP contribution in [0.25, 0.3) is 0 Å². The van der Waals surface area contributed by atoms with Crippen molar-refractivity contribution in [2.24, 2.45) is 5.73 Å². The highest BCUT2D eigenvalue weighted by atomic mass is 16.4. The topological polar surface area (TPSA) is 104 Å². The molecule has 6 nitrogen and oxygen atoms in total. The summed E-state index contributed by atoms with van der Waals surface area (Å²) in [7, 11) is 0. The average Bonchev–Trinajstić information content (AvgIpc) is 2.57. The average molecular weight is 256 g/mol. The zero-order chi connectivity index (χ0) is 13.3. The first-order valence-corrected chi connectivity index (χ1v) is 6.46. The minimum Gasteiger partial charge on any atom is -0.481 e. The van der Waals surface area contributed by atoms with Crippen molar-refractivity contribution in [2.45, 2.75) is 62.8 Å². The molecule has 2 aliphatic rings. The van der Waals surface area contributed by atoms with E-state index in [9.17, 15) is 14.7 Å². The summed E-state index contributed by atoms with van der Waals surface area (Å²) in [6.07, 6.45) is 2.84. The highest BCUT2D eigenvalue weighted by Crippen LogP contribution is 2.36. The molecule has 3 atom stereocenters. The molecule has 0 aromatic heterocycles. The summed E-state index contributed by atoms with van der Waals surface area (Å²) in [5, 5.41) is 18.2. The van der Waals surface area contributed by atoms with E-state index in [0.29, 0.717) is 12.8 Å². The number of aliphatic hydroxyl groups is 1. The van der Waals surface area contributed by atoms with E-state index in [1.54, 1.807) is 4.90 Å². The van der Waals surface area contributed by atoms with Gasteiger partial charge in [0.05, 0.1) is 12.1 Å². The number of amides is 1. The summed E-state index contributed by atoms with van der Waals surface area (Å²) in [4.78, 5) is 24.5. The Morgan fingerprint density at radius 2 is 1.83 bits per heavy atom. The molecule has 18 heavy (non-hydrogen) atoms. The maximum Gasteiger partial charge on any atom is 0.303 e. The zero-order valence-corrected chi connectivity index (χ0v) is 10.3. The molecule has 0 saturated carbocycles. The largest absolute Gasteiger partial charge is 0.481 e. The Bertz CT molecular complexity index is 333. The maximum atomic E-state index is 12.2. The number of carboxylic acids is 1. The number of nitrogens with two attached hydrogens (primary N) is 1. The number of hydrogen-bond acceptors (Lipinski definition) is 4. The van der Waals surface area contributed by atoms with Gasteiger partial charge in [-0.05, 0) is 32.1 Å². The first-order chi connectivity index (χ1) is 8.49. The van der Waals surface area contributed by atoms with Crippen molar-refractivity contribution < 1.29 is 19.8 Å². The van der Waals surface area contributed by atoms with Crippen LogP contribution in [0, 0.1) is 0 Å². The lowest BCUT2D eigenvalue weighted by molar-refractivity contribution is -0.140. The zero-order valence-electron chi connectivity index (χ0n) is 10.3. The second-order valence-electron chi connectivity index (χ2n) is 5.29. The third kappa shape index (κ3) is 2.64. The van der Waals surface area contributed by atoms with Crippen LogP contribution in [0.2, 0.25) is 0 Å². The second-order valence-corrected chi connectivity index (χ2v) is 5.29. The Hall–Kier alpha value is -1.14. The number of aliphatic carboxylic acids is 1. The molecule has 0 spiro atoms. The number of carboxylic acid groups (broad SMARTS) is 1. The van der Waals surface area contributed by atoms with Crippen molar-refractivity contribution in [2.75, 3.05) is 0 Å². The lowest BCUT2D eigenvalue weighted by Gasteiger charge is -2.38. The number of rotatable bonds is 4. The van der Waals surface area contributed by atoms with Gasteiger partial charge in [0.1, 0.15) is 0 Å². The molecule has 2 rings (SSSR count). The van der Waals surface area contributed by atoms with Crippen LogP contribution in [0.15, 0.2) is 0 Å². The van der Waals surface area contributed by atoms with E-state index in [0.717, 1.165) is 12.8 Å². The summed E-state index contributed by atoms with van der Waals surface area (Å²) >= 11 is 0. The molecular weight excluding hydrogens is 236 g/mol. The molecule has 2 heterocycles. The van der Waals surface area contributed by atoms with E-state index in [-0.39, 0.29) is 36.9 Å². The van der Waals surface area contributed by atoms with Gasteiger partial charge in [-0.3, -0.25) is 9.59 Å². The van der Waals surface area contributed by atoms with E-state index in [1.165, 1.54) is 0 Å². The van der Waals surface area contributed by atoms with Crippen LogP contribution in [-0.2, 0) is 9.59 Å². The van der Waals surface area contributed by atoms with Crippen molar-refractivity contribution in [1.29, 1.82) is 0 Å². The molecule has 0 aliphatic carbocycles.